The average Bonchev–Trinajstić information content (AvgIpc) is 2.73. The van der Waals surface area contributed by atoms with E-state index in [9.17, 15) is 19.5 Å². The van der Waals surface area contributed by atoms with E-state index in [4.69, 9.17) is 6.11 Å². The highest BCUT2D eigenvalue weighted by atomic mass is 16.5. The molecule has 3 rings (SSSR count). The number of hydrogen-bond acceptors (Lipinski definition) is 5. The quantitative estimate of drug-likeness (QED) is 0.543. The van der Waals surface area contributed by atoms with Crippen molar-refractivity contribution in [3.05, 3.63) is 53.6 Å². The molecule has 0 saturated carbocycles. The third kappa shape index (κ3) is 5.36. The molecule has 2 aromatic carbocycles. The first-order valence-electron chi connectivity index (χ1n) is 11.5. The van der Waals surface area contributed by atoms with Gasteiger partial charge < -0.3 is 19.5 Å². The van der Waals surface area contributed by atoms with Crippen LogP contribution < -0.4 is 9.64 Å². The fourth-order valence-electron chi connectivity index (χ4n) is 4.18. The summed E-state index contributed by atoms with van der Waals surface area (Å²) in [5.41, 5.74) is 1.40. The van der Waals surface area contributed by atoms with Crippen molar-refractivity contribution in [2.24, 2.45) is 5.92 Å². The summed E-state index contributed by atoms with van der Waals surface area (Å²) in [7, 11) is 0. The molecule has 0 radical (unpaired) electrons. The molecule has 0 fully saturated rings. The predicted molar refractivity (Wildman–Crippen MR) is 123 cm³/mol. The van der Waals surface area contributed by atoms with Gasteiger partial charge in [0.1, 0.15) is 17.3 Å². The summed E-state index contributed by atoms with van der Waals surface area (Å²) in [6.07, 6.45) is 3.22. The number of phenols is 1. The molecule has 0 aromatic heterocycles. The van der Waals surface area contributed by atoms with Crippen LogP contribution in [-0.4, -0.2) is 35.2 Å². The van der Waals surface area contributed by atoms with Crippen LogP contribution >= 0.6 is 0 Å². The second kappa shape index (κ2) is 10.4. The number of benzene rings is 2. The maximum Gasteiger partial charge on any atom is 0.214 e. The molecular formula is C26H31NO5. The minimum atomic E-state index is -1.59. The van der Waals surface area contributed by atoms with Crippen molar-refractivity contribution in [2.45, 2.75) is 65.0 Å². The third-order valence-electron chi connectivity index (χ3n) is 5.92. The SMILES string of the molecule is [2H]C1(C)C(CCC(C)=O)C(=O)c2c(O)cc(OC(C)CCCc3ccccc3)cc2N1C=O. The molecule has 3 unspecified atom stereocenters. The highest BCUT2D eigenvalue weighted by Crippen LogP contribution is 2.42. The number of carbonyl (C=O) groups excluding carboxylic acids is 3. The average molecular weight is 439 g/mol. The lowest BCUT2D eigenvalue weighted by Gasteiger charge is -2.37. The van der Waals surface area contributed by atoms with Gasteiger partial charge in [-0.05, 0) is 52.0 Å². The summed E-state index contributed by atoms with van der Waals surface area (Å²) in [4.78, 5) is 37.7. The third-order valence-corrected chi connectivity index (χ3v) is 5.92. The van der Waals surface area contributed by atoms with E-state index < -0.39 is 17.7 Å². The molecule has 1 aliphatic heterocycles. The maximum absolute atomic E-state index is 13.2. The van der Waals surface area contributed by atoms with E-state index in [2.05, 4.69) is 12.1 Å². The van der Waals surface area contributed by atoms with Crippen molar-refractivity contribution in [1.82, 2.24) is 0 Å². The predicted octanol–water partition coefficient (Wildman–Crippen LogP) is 4.72. The fraction of sp³-hybridized carbons (Fsp3) is 0.423. The number of hydrogen-bond donors (Lipinski definition) is 1. The molecule has 6 heteroatoms. The smallest absolute Gasteiger partial charge is 0.214 e. The van der Waals surface area contributed by atoms with E-state index in [0.29, 0.717) is 12.2 Å². The van der Waals surface area contributed by atoms with Crippen LogP contribution in [-0.2, 0) is 16.0 Å². The first kappa shape index (κ1) is 22.1. The first-order chi connectivity index (χ1) is 15.6. The van der Waals surface area contributed by atoms with Gasteiger partial charge in [0, 0.05) is 30.5 Å². The minimum Gasteiger partial charge on any atom is -0.507 e. The Kier molecular flexibility index (Phi) is 7.20. The van der Waals surface area contributed by atoms with Gasteiger partial charge in [-0.15, -0.1) is 0 Å². The Morgan fingerprint density at radius 2 is 2.03 bits per heavy atom. The van der Waals surface area contributed by atoms with Gasteiger partial charge in [0.15, 0.2) is 5.78 Å². The number of rotatable bonds is 10. The van der Waals surface area contributed by atoms with E-state index in [-0.39, 0.29) is 41.7 Å². The molecular weight excluding hydrogens is 406 g/mol. The van der Waals surface area contributed by atoms with Gasteiger partial charge in [-0.25, -0.2) is 0 Å². The summed E-state index contributed by atoms with van der Waals surface area (Å²) in [5.74, 6) is -1.43. The summed E-state index contributed by atoms with van der Waals surface area (Å²) >= 11 is 0. The second-order valence-electron chi connectivity index (χ2n) is 8.42. The van der Waals surface area contributed by atoms with E-state index in [0.717, 1.165) is 24.2 Å². The zero-order chi connectivity index (χ0) is 24.2. The van der Waals surface area contributed by atoms with E-state index in [1.54, 1.807) is 0 Å². The largest absolute Gasteiger partial charge is 0.507 e. The summed E-state index contributed by atoms with van der Waals surface area (Å²) in [6, 6.07) is 11.5. The number of ether oxygens (including phenoxy) is 1. The van der Waals surface area contributed by atoms with Crippen molar-refractivity contribution < 1.29 is 25.6 Å². The zero-order valence-electron chi connectivity index (χ0n) is 19.8. The molecule has 1 N–H and O–H groups in total. The number of carbonyl (C=O) groups is 3. The lowest BCUT2D eigenvalue weighted by atomic mass is 9.81. The van der Waals surface area contributed by atoms with Crippen LogP contribution in [0.25, 0.3) is 0 Å². The Balaban J connectivity index is 1.79. The number of phenolic OH excluding ortho intramolecular Hbond substituents is 1. The van der Waals surface area contributed by atoms with Crippen LogP contribution in [0.5, 0.6) is 11.5 Å². The van der Waals surface area contributed by atoms with Crippen molar-refractivity contribution >= 4 is 23.7 Å². The zero-order valence-corrected chi connectivity index (χ0v) is 18.8. The monoisotopic (exact) mass is 438 g/mol. The van der Waals surface area contributed by atoms with Gasteiger partial charge in [0.2, 0.25) is 6.41 Å². The van der Waals surface area contributed by atoms with Crippen LogP contribution in [0.1, 0.15) is 63.7 Å². The van der Waals surface area contributed by atoms with Gasteiger partial charge in [-0.2, -0.15) is 0 Å². The molecule has 0 bridgehead atoms. The summed E-state index contributed by atoms with van der Waals surface area (Å²) < 4.78 is 14.7. The van der Waals surface area contributed by atoms with Gasteiger partial charge in [0.25, 0.3) is 0 Å². The number of ketones is 2. The Morgan fingerprint density at radius 1 is 1.31 bits per heavy atom. The van der Waals surface area contributed by atoms with Crippen molar-refractivity contribution in [3.8, 4) is 11.5 Å². The Bertz CT molecular complexity index is 1020. The van der Waals surface area contributed by atoms with E-state index >= 15 is 0 Å². The second-order valence-corrected chi connectivity index (χ2v) is 8.42. The molecule has 0 spiro atoms. The number of Topliss-reactive ketones (excluding diaryl/α,β-unsaturated/α-hetero) is 2. The van der Waals surface area contributed by atoms with Crippen molar-refractivity contribution in [3.63, 3.8) is 0 Å². The number of nitrogens with zero attached hydrogens (tertiary/aromatic N) is 1. The van der Waals surface area contributed by atoms with Crippen LogP contribution in [0.2, 0.25) is 0 Å². The maximum atomic E-state index is 13.2. The number of anilines is 1. The number of aryl methyl sites for hydroxylation is 1. The molecule has 1 aliphatic rings. The number of amides is 1. The van der Waals surface area contributed by atoms with Gasteiger partial charge in [0.05, 0.1) is 18.7 Å². The van der Waals surface area contributed by atoms with Crippen LogP contribution in [0.15, 0.2) is 42.5 Å². The summed E-state index contributed by atoms with van der Waals surface area (Å²) in [6.45, 7) is 4.82. The molecule has 6 nitrogen and oxygen atoms in total. The van der Waals surface area contributed by atoms with Crippen molar-refractivity contribution in [2.75, 3.05) is 4.90 Å². The molecule has 1 heterocycles. The molecule has 3 atom stereocenters. The Hall–Kier alpha value is -3.15. The molecule has 1 amide bonds. The van der Waals surface area contributed by atoms with E-state index in [1.165, 1.54) is 31.5 Å². The Labute approximate surface area is 190 Å². The normalized spacial score (nSPS) is 21.5. The number of aromatic hydroxyl groups is 1. The molecule has 0 aliphatic carbocycles. The minimum absolute atomic E-state index is 0.00976. The van der Waals surface area contributed by atoms with Crippen molar-refractivity contribution in [1.29, 1.82) is 0 Å². The lowest BCUT2D eigenvalue weighted by molar-refractivity contribution is -0.117. The number of fused-ring (bicyclic) bond motifs is 1. The summed E-state index contributed by atoms with van der Waals surface area (Å²) in [5, 5.41) is 10.7. The topological polar surface area (TPSA) is 83.9 Å². The van der Waals surface area contributed by atoms with Crippen LogP contribution in [0, 0.1) is 5.92 Å². The van der Waals surface area contributed by atoms with Gasteiger partial charge in [-0.1, -0.05) is 30.3 Å². The van der Waals surface area contributed by atoms with Gasteiger partial charge in [-0.3, -0.25) is 9.59 Å². The van der Waals surface area contributed by atoms with E-state index in [1.807, 2.05) is 25.1 Å². The molecule has 0 saturated heterocycles. The fourth-order valence-corrected chi connectivity index (χ4v) is 4.18. The lowest BCUT2D eigenvalue weighted by Crippen LogP contribution is -2.46. The standard InChI is InChI=1S/C26H31NO5/c1-17(29)12-13-22-19(3)27(16-28)23-14-21(15-24(30)25(23)26(22)31)32-18(2)8-7-11-20-9-5-4-6-10-20/h4-6,9-10,14-16,18-19,22,30H,7-8,11-13H2,1-3H3/i19D. The molecule has 170 valence electrons. The van der Waals surface area contributed by atoms with Crippen LogP contribution in [0.4, 0.5) is 5.69 Å². The highest BCUT2D eigenvalue weighted by Gasteiger charge is 2.39. The molecule has 32 heavy (non-hydrogen) atoms. The first-order valence-corrected chi connectivity index (χ1v) is 11.0. The van der Waals surface area contributed by atoms with Gasteiger partial charge >= 0.3 is 0 Å². The Morgan fingerprint density at radius 3 is 2.69 bits per heavy atom. The van der Waals surface area contributed by atoms with Crippen LogP contribution in [0.3, 0.4) is 0 Å². The highest BCUT2D eigenvalue weighted by molar-refractivity contribution is 6.10. The molecule has 2 aromatic rings.